The minimum Gasteiger partial charge on any atom is -0.381 e. The summed E-state index contributed by atoms with van der Waals surface area (Å²) in [5.74, 6) is 0.0426. The molecule has 1 aliphatic rings. The van der Waals surface area contributed by atoms with Gasteiger partial charge in [-0.05, 0) is 44.0 Å². The number of imidazole rings is 1. The van der Waals surface area contributed by atoms with Crippen LogP contribution in [0.15, 0.2) is 55.1 Å². The second-order valence-electron chi connectivity index (χ2n) is 7.82. The summed E-state index contributed by atoms with van der Waals surface area (Å²) in [5.41, 5.74) is 2.57. The van der Waals surface area contributed by atoms with Crippen LogP contribution in [0.1, 0.15) is 28.9 Å². The molecule has 0 saturated carbocycles. The van der Waals surface area contributed by atoms with E-state index in [0.29, 0.717) is 47.4 Å². The third-order valence-corrected chi connectivity index (χ3v) is 5.58. The van der Waals surface area contributed by atoms with Crippen LogP contribution in [0.4, 0.5) is 4.39 Å². The first-order valence-electron chi connectivity index (χ1n) is 10.7. The SMILES string of the molecule is Cc1nnn(-c2ccccc2F)c1-c1cn(-c2ccc(C(=O)NC3CCOCC3)cn2)cn1. The average Bonchev–Trinajstić information content (AvgIpc) is 3.47. The zero-order valence-corrected chi connectivity index (χ0v) is 18.0. The number of aromatic nitrogens is 6. The molecule has 33 heavy (non-hydrogen) atoms. The van der Waals surface area contributed by atoms with Crippen LogP contribution in [-0.2, 0) is 4.74 Å². The molecular weight excluding hydrogens is 425 g/mol. The van der Waals surface area contributed by atoms with Gasteiger partial charge in [-0.3, -0.25) is 9.36 Å². The normalized spacial score (nSPS) is 14.4. The molecule has 0 spiro atoms. The lowest BCUT2D eigenvalue weighted by atomic mass is 10.1. The first kappa shape index (κ1) is 21.0. The van der Waals surface area contributed by atoms with E-state index in [1.807, 2.05) is 0 Å². The first-order valence-corrected chi connectivity index (χ1v) is 10.7. The van der Waals surface area contributed by atoms with Gasteiger partial charge in [-0.25, -0.2) is 19.0 Å². The largest absolute Gasteiger partial charge is 0.381 e. The summed E-state index contributed by atoms with van der Waals surface area (Å²) >= 11 is 0. The minimum atomic E-state index is -0.403. The number of hydrogen-bond donors (Lipinski definition) is 1. The van der Waals surface area contributed by atoms with E-state index in [2.05, 4.69) is 25.6 Å². The number of nitrogens with one attached hydrogen (secondary N) is 1. The van der Waals surface area contributed by atoms with Crippen LogP contribution >= 0.6 is 0 Å². The van der Waals surface area contributed by atoms with Gasteiger partial charge >= 0.3 is 0 Å². The predicted octanol–water partition coefficient (Wildman–Crippen LogP) is 2.87. The maximum Gasteiger partial charge on any atom is 0.253 e. The van der Waals surface area contributed by atoms with E-state index in [4.69, 9.17) is 4.74 Å². The summed E-state index contributed by atoms with van der Waals surface area (Å²) in [6.45, 7) is 3.12. The minimum absolute atomic E-state index is 0.123. The summed E-state index contributed by atoms with van der Waals surface area (Å²) in [6.07, 6.45) is 6.55. The molecular formula is C23H22FN7O2. The van der Waals surface area contributed by atoms with Crippen molar-refractivity contribution in [3.63, 3.8) is 0 Å². The lowest BCUT2D eigenvalue weighted by molar-refractivity contribution is 0.0696. The predicted molar refractivity (Wildman–Crippen MR) is 118 cm³/mol. The Balaban J connectivity index is 1.37. The number of rotatable bonds is 5. The van der Waals surface area contributed by atoms with E-state index in [1.54, 1.807) is 60.5 Å². The molecule has 5 rings (SSSR count). The topological polar surface area (TPSA) is 99.8 Å². The van der Waals surface area contributed by atoms with Gasteiger partial charge < -0.3 is 10.1 Å². The molecule has 9 nitrogen and oxygen atoms in total. The van der Waals surface area contributed by atoms with Gasteiger partial charge in [-0.2, -0.15) is 0 Å². The Morgan fingerprint density at radius 1 is 1.15 bits per heavy atom. The Kier molecular flexibility index (Phi) is 5.66. The number of nitrogens with zero attached hydrogens (tertiary/aromatic N) is 6. The Morgan fingerprint density at radius 3 is 2.73 bits per heavy atom. The number of hydrogen-bond acceptors (Lipinski definition) is 6. The smallest absolute Gasteiger partial charge is 0.253 e. The Bertz CT molecular complexity index is 1280. The van der Waals surface area contributed by atoms with Gasteiger partial charge in [0.2, 0.25) is 0 Å². The summed E-state index contributed by atoms with van der Waals surface area (Å²) in [7, 11) is 0. The fraction of sp³-hybridized carbons (Fsp3) is 0.261. The van der Waals surface area contributed by atoms with Gasteiger partial charge in [0.1, 0.15) is 35.0 Å². The highest BCUT2D eigenvalue weighted by molar-refractivity contribution is 5.94. The van der Waals surface area contributed by atoms with Crippen LogP contribution in [0.5, 0.6) is 0 Å². The van der Waals surface area contributed by atoms with Gasteiger partial charge in [0.05, 0.1) is 11.3 Å². The number of benzene rings is 1. The molecule has 4 heterocycles. The average molecular weight is 447 g/mol. The van der Waals surface area contributed by atoms with Crippen molar-refractivity contribution in [2.24, 2.45) is 0 Å². The fourth-order valence-electron chi connectivity index (χ4n) is 3.80. The zero-order valence-electron chi connectivity index (χ0n) is 18.0. The van der Waals surface area contributed by atoms with E-state index in [9.17, 15) is 9.18 Å². The molecule has 4 aromatic rings. The van der Waals surface area contributed by atoms with Gasteiger partial charge in [0.25, 0.3) is 5.91 Å². The molecule has 168 valence electrons. The van der Waals surface area contributed by atoms with Crippen molar-refractivity contribution in [2.75, 3.05) is 13.2 Å². The number of carbonyl (C=O) groups excluding carboxylic acids is 1. The zero-order chi connectivity index (χ0) is 22.8. The van der Waals surface area contributed by atoms with Crippen LogP contribution in [0.3, 0.4) is 0 Å². The third-order valence-electron chi connectivity index (χ3n) is 5.58. The van der Waals surface area contributed by atoms with E-state index in [-0.39, 0.29) is 11.9 Å². The van der Waals surface area contributed by atoms with Crippen LogP contribution in [0.2, 0.25) is 0 Å². The summed E-state index contributed by atoms with van der Waals surface area (Å²) in [6, 6.07) is 9.97. The first-order chi connectivity index (χ1) is 16.1. The second-order valence-corrected chi connectivity index (χ2v) is 7.82. The summed E-state index contributed by atoms with van der Waals surface area (Å²) in [5, 5.41) is 11.2. The van der Waals surface area contributed by atoms with Crippen molar-refractivity contribution in [1.29, 1.82) is 0 Å². The molecule has 3 aromatic heterocycles. The summed E-state index contributed by atoms with van der Waals surface area (Å²) in [4.78, 5) is 21.4. The van der Waals surface area contributed by atoms with E-state index in [0.717, 1.165) is 12.8 Å². The lowest BCUT2D eigenvalue weighted by Crippen LogP contribution is -2.38. The van der Waals surface area contributed by atoms with Crippen molar-refractivity contribution in [3.8, 4) is 22.9 Å². The van der Waals surface area contributed by atoms with E-state index < -0.39 is 5.82 Å². The van der Waals surface area contributed by atoms with Crippen LogP contribution in [-0.4, -0.2) is 54.7 Å². The maximum absolute atomic E-state index is 14.3. The monoisotopic (exact) mass is 447 g/mol. The van der Waals surface area contributed by atoms with Gasteiger partial charge in [-0.15, -0.1) is 5.10 Å². The van der Waals surface area contributed by atoms with Crippen molar-refractivity contribution in [1.82, 2.24) is 34.8 Å². The molecule has 1 aliphatic heterocycles. The molecule has 0 bridgehead atoms. The maximum atomic E-state index is 14.3. The molecule has 0 atom stereocenters. The number of ether oxygens (including phenoxy) is 1. The number of carbonyl (C=O) groups is 1. The van der Waals surface area contributed by atoms with Crippen LogP contribution < -0.4 is 5.32 Å². The van der Waals surface area contributed by atoms with Crippen molar-refractivity contribution in [3.05, 3.63) is 72.2 Å². The van der Waals surface area contributed by atoms with Crippen molar-refractivity contribution >= 4 is 5.91 Å². The molecule has 0 radical (unpaired) electrons. The highest BCUT2D eigenvalue weighted by Gasteiger charge is 2.19. The standard InChI is InChI=1S/C23H22FN7O2/c1-15-22(31(29-28-15)20-5-3-2-4-18(20)24)19-13-30(14-26-19)21-7-6-16(12-25-21)23(32)27-17-8-10-33-11-9-17/h2-7,12-14,17H,8-11H2,1H3,(H,27,32). The lowest BCUT2D eigenvalue weighted by Gasteiger charge is -2.23. The summed E-state index contributed by atoms with van der Waals surface area (Å²) < 4.78 is 22.8. The van der Waals surface area contributed by atoms with E-state index in [1.165, 1.54) is 10.7 Å². The Hall–Kier alpha value is -3.92. The molecule has 1 fully saturated rings. The molecule has 10 heteroatoms. The van der Waals surface area contributed by atoms with Crippen molar-refractivity contribution < 1.29 is 13.9 Å². The molecule has 0 aliphatic carbocycles. The molecule has 1 amide bonds. The molecule has 1 aromatic carbocycles. The fourth-order valence-corrected chi connectivity index (χ4v) is 3.80. The number of para-hydroxylation sites is 1. The van der Waals surface area contributed by atoms with Gasteiger partial charge in [-0.1, -0.05) is 17.3 Å². The quantitative estimate of drug-likeness (QED) is 0.505. The van der Waals surface area contributed by atoms with Crippen molar-refractivity contribution in [2.45, 2.75) is 25.8 Å². The number of pyridine rings is 1. The Morgan fingerprint density at radius 2 is 1.97 bits per heavy atom. The van der Waals surface area contributed by atoms with Crippen LogP contribution in [0, 0.1) is 12.7 Å². The van der Waals surface area contributed by atoms with Gasteiger partial charge in [0, 0.05) is 31.6 Å². The van der Waals surface area contributed by atoms with Gasteiger partial charge in [0.15, 0.2) is 0 Å². The van der Waals surface area contributed by atoms with Crippen LogP contribution in [0.25, 0.3) is 22.9 Å². The molecule has 0 unspecified atom stereocenters. The highest BCUT2D eigenvalue weighted by atomic mass is 19.1. The Labute approximate surface area is 189 Å². The molecule has 1 N–H and O–H groups in total. The highest BCUT2D eigenvalue weighted by Crippen LogP contribution is 2.25. The second kappa shape index (κ2) is 8.91. The molecule has 1 saturated heterocycles. The number of amides is 1. The van der Waals surface area contributed by atoms with E-state index >= 15 is 0 Å². The third kappa shape index (κ3) is 4.24. The number of halogens is 1. The number of aryl methyl sites for hydroxylation is 1.